The van der Waals surface area contributed by atoms with Crippen molar-refractivity contribution in [3.63, 3.8) is 0 Å². The highest BCUT2D eigenvalue weighted by atomic mass is 16.7. The Balaban J connectivity index is 1.47. The summed E-state index contributed by atoms with van der Waals surface area (Å²) in [7, 11) is 0. The van der Waals surface area contributed by atoms with Crippen molar-refractivity contribution in [2.24, 2.45) is 23.7 Å². The third kappa shape index (κ3) is 4.47. The van der Waals surface area contributed by atoms with Crippen LogP contribution in [0, 0.1) is 33.8 Å². The van der Waals surface area contributed by atoms with Gasteiger partial charge in [0, 0.05) is 18.1 Å². The molecule has 29 heavy (non-hydrogen) atoms. The molecule has 1 aromatic carbocycles. The number of rotatable bonds is 3. The molecule has 5 unspecified atom stereocenters. The van der Waals surface area contributed by atoms with Crippen LogP contribution in [0.3, 0.4) is 0 Å². The number of non-ortho nitro benzene ring substituents is 1. The van der Waals surface area contributed by atoms with Crippen LogP contribution >= 0.6 is 0 Å². The van der Waals surface area contributed by atoms with E-state index >= 15 is 0 Å². The number of carbonyl (C=O) groups is 1. The molecule has 0 heterocycles. The molecule has 0 N–H and O–H groups in total. The van der Waals surface area contributed by atoms with Gasteiger partial charge in [-0.15, -0.1) is 0 Å². The number of carbonyl (C=O) groups excluding carboxylic acids is 1. The van der Waals surface area contributed by atoms with Crippen molar-refractivity contribution in [3.05, 3.63) is 83.0 Å². The van der Waals surface area contributed by atoms with E-state index in [0.29, 0.717) is 17.8 Å². The molecule has 0 aromatic heterocycles. The number of nitro benzene ring substituents is 1. The second-order valence-electron chi connectivity index (χ2n) is 7.68. The lowest BCUT2D eigenvalue weighted by atomic mass is 9.70. The van der Waals surface area contributed by atoms with Gasteiger partial charge in [0.15, 0.2) is 0 Å². The first-order valence-electron chi connectivity index (χ1n) is 9.93. The normalized spacial score (nSPS) is 29.9. The van der Waals surface area contributed by atoms with Crippen LogP contribution in [-0.2, 0) is 4.74 Å². The largest absolute Gasteiger partial charge is 0.514 e. The van der Waals surface area contributed by atoms with Gasteiger partial charge in [-0.3, -0.25) is 10.1 Å². The van der Waals surface area contributed by atoms with E-state index in [2.05, 4.69) is 42.5 Å². The second-order valence-corrected chi connectivity index (χ2v) is 7.68. The highest BCUT2D eigenvalue weighted by Gasteiger charge is 2.37. The molecule has 1 aromatic rings. The molecule has 0 spiro atoms. The van der Waals surface area contributed by atoms with E-state index < -0.39 is 11.1 Å². The van der Waals surface area contributed by atoms with Gasteiger partial charge in [0.1, 0.15) is 11.9 Å². The number of hydrogen-bond donors (Lipinski definition) is 0. The maximum atomic E-state index is 12.5. The van der Waals surface area contributed by atoms with Crippen LogP contribution in [0.4, 0.5) is 10.5 Å². The molecule has 6 nitrogen and oxygen atoms in total. The Morgan fingerprint density at radius 1 is 0.897 bits per heavy atom. The summed E-state index contributed by atoms with van der Waals surface area (Å²) < 4.78 is 11.1. The number of benzene rings is 1. The lowest BCUT2D eigenvalue weighted by molar-refractivity contribution is -0.384. The van der Waals surface area contributed by atoms with E-state index in [9.17, 15) is 14.9 Å². The third-order valence-electron chi connectivity index (χ3n) is 5.94. The molecule has 3 aliphatic rings. The van der Waals surface area contributed by atoms with Gasteiger partial charge in [-0.2, -0.15) is 0 Å². The van der Waals surface area contributed by atoms with E-state index in [1.807, 2.05) is 6.08 Å². The van der Waals surface area contributed by atoms with Crippen LogP contribution in [0.1, 0.15) is 19.3 Å². The van der Waals surface area contributed by atoms with Crippen molar-refractivity contribution >= 4 is 11.8 Å². The van der Waals surface area contributed by atoms with Gasteiger partial charge in [-0.25, -0.2) is 4.79 Å². The van der Waals surface area contributed by atoms with E-state index in [1.54, 1.807) is 0 Å². The summed E-state index contributed by atoms with van der Waals surface area (Å²) in [6.45, 7) is 0. The Hall–Kier alpha value is -3.15. The Bertz CT molecular complexity index is 877. The van der Waals surface area contributed by atoms with Crippen molar-refractivity contribution in [2.45, 2.75) is 25.4 Å². The molecular weight excluding hydrogens is 370 g/mol. The summed E-state index contributed by atoms with van der Waals surface area (Å²) >= 11 is 0. The number of nitrogens with zero attached hydrogens (tertiary/aromatic N) is 1. The smallest absolute Gasteiger partial charge is 0.430 e. The fourth-order valence-electron chi connectivity index (χ4n) is 4.44. The zero-order valence-electron chi connectivity index (χ0n) is 15.9. The first kappa shape index (κ1) is 19.2. The average molecular weight is 393 g/mol. The summed E-state index contributed by atoms with van der Waals surface area (Å²) in [6.07, 6.45) is 18.8. The zero-order valence-corrected chi connectivity index (χ0v) is 15.9. The first-order chi connectivity index (χ1) is 14.1. The van der Waals surface area contributed by atoms with Crippen LogP contribution in [0.25, 0.3) is 0 Å². The maximum absolute atomic E-state index is 12.5. The fraction of sp³-hybridized carbons (Fsp3) is 0.348. The van der Waals surface area contributed by atoms with E-state index in [-0.39, 0.29) is 23.5 Å². The zero-order chi connectivity index (χ0) is 20.2. The number of allylic oxidation sites excluding steroid dienone is 7. The number of nitro groups is 1. The number of ether oxygens (including phenoxy) is 2. The minimum atomic E-state index is -0.780. The van der Waals surface area contributed by atoms with Crippen molar-refractivity contribution in [2.75, 3.05) is 0 Å². The van der Waals surface area contributed by atoms with Crippen LogP contribution in [0.15, 0.2) is 72.9 Å². The summed E-state index contributed by atoms with van der Waals surface area (Å²) in [6, 6.07) is 5.39. The van der Waals surface area contributed by atoms with Crippen molar-refractivity contribution in [1.29, 1.82) is 0 Å². The summed E-state index contributed by atoms with van der Waals surface area (Å²) in [5, 5.41) is 10.8. The maximum Gasteiger partial charge on any atom is 0.514 e. The predicted molar refractivity (Wildman–Crippen MR) is 108 cm³/mol. The molecule has 150 valence electrons. The van der Waals surface area contributed by atoms with Gasteiger partial charge in [-0.1, -0.05) is 48.6 Å². The standard InChI is InChI=1S/C23H23NO5/c25-23(28-20-13-11-19(12-14-20)24(26)27)29-22-15-18-7-2-1-5-16(18)9-10-17-6-3-4-8-21(17)22/h1-8,11-14,16-18,21-22H,9-10,15H2. The van der Waals surface area contributed by atoms with Gasteiger partial charge in [0.25, 0.3) is 5.69 Å². The highest BCUT2D eigenvalue weighted by molar-refractivity contribution is 5.64. The Labute approximate surface area is 169 Å². The number of hydrogen-bond acceptors (Lipinski definition) is 5. The van der Waals surface area contributed by atoms with Crippen molar-refractivity contribution < 1.29 is 19.2 Å². The van der Waals surface area contributed by atoms with Gasteiger partial charge >= 0.3 is 6.16 Å². The third-order valence-corrected chi connectivity index (χ3v) is 5.94. The molecule has 0 bridgehead atoms. The van der Waals surface area contributed by atoms with Gasteiger partial charge < -0.3 is 9.47 Å². The van der Waals surface area contributed by atoms with E-state index in [1.165, 1.54) is 24.3 Å². The molecular formula is C23H23NO5. The lowest BCUT2D eigenvalue weighted by Gasteiger charge is -2.38. The predicted octanol–water partition coefficient (Wildman–Crippen LogP) is 5.38. The topological polar surface area (TPSA) is 78.7 Å². The lowest BCUT2D eigenvalue weighted by Crippen LogP contribution is -2.37. The summed E-state index contributed by atoms with van der Waals surface area (Å²) in [5.74, 6) is 1.46. The first-order valence-corrected chi connectivity index (χ1v) is 9.93. The molecule has 1 saturated carbocycles. The molecule has 6 heteroatoms. The molecule has 0 aliphatic heterocycles. The van der Waals surface area contributed by atoms with Crippen molar-refractivity contribution in [3.8, 4) is 5.75 Å². The van der Waals surface area contributed by atoms with Gasteiger partial charge in [0.05, 0.1) is 4.92 Å². The Morgan fingerprint density at radius 2 is 1.52 bits per heavy atom. The second kappa shape index (κ2) is 8.47. The van der Waals surface area contributed by atoms with E-state index in [4.69, 9.17) is 9.47 Å². The monoisotopic (exact) mass is 393 g/mol. The minimum Gasteiger partial charge on any atom is -0.430 e. The van der Waals surface area contributed by atoms with Crippen LogP contribution in [-0.4, -0.2) is 17.2 Å². The molecule has 0 radical (unpaired) electrons. The average Bonchev–Trinajstić information content (AvgIpc) is 2.72. The van der Waals surface area contributed by atoms with Crippen LogP contribution in [0.2, 0.25) is 0 Å². The summed E-state index contributed by atoms with van der Waals surface area (Å²) in [5.41, 5.74) is -0.0594. The molecule has 3 aliphatic carbocycles. The van der Waals surface area contributed by atoms with Crippen LogP contribution in [0.5, 0.6) is 5.75 Å². The van der Waals surface area contributed by atoms with Gasteiger partial charge in [0.2, 0.25) is 0 Å². The SMILES string of the molecule is O=C(Oc1ccc([N+](=O)[O-])cc1)OC1CC2C=CC=CC2CCC2C=CC=CC21. The molecule has 0 amide bonds. The number of fused-ring (bicyclic) bond motifs is 2. The molecule has 4 rings (SSSR count). The Morgan fingerprint density at radius 3 is 2.24 bits per heavy atom. The highest BCUT2D eigenvalue weighted by Crippen LogP contribution is 2.40. The summed E-state index contributed by atoms with van der Waals surface area (Å²) in [4.78, 5) is 22.7. The van der Waals surface area contributed by atoms with E-state index in [0.717, 1.165) is 19.3 Å². The molecule has 0 saturated heterocycles. The Kier molecular flexibility index (Phi) is 5.60. The minimum absolute atomic E-state index is 0.0594. The fourth-order valence-corrected chi connectivity index (χ4v) is 4.44. The quantitative estimate of drug-likeness (QED) is 0.298. The van der Waals surface area contributed by atoms with Crippen molar-refractivity contribution in [1.82, 2.24) is 0 Å². The van der Waals surface area contributed by atoms with Crippen LogP contribution < -0.4 is 4.74 Å². The molecule has 5 atom stereocenters. The molecule has 1 fully saturated rings. The van der Waals surface area contributed by atoms with Gasteiger partial charge in [-0.05, 0) is 49.1 Å².